The molecule has 1 saturated carbocycles. The van der Waals surface area contributed by atoms with Gasteiger partial charge in [-0.15, -0.1) is 0 Å². The van der Waals surface area contributed by atoms with E-state index in [9.17, 15) is 0 Å². The van der Waals surface area contributed by atoms with E-state index in [1.165, 1.54) is 32.1 Å². The zero-order valence-corrected chi connectivity index (χ0v) is 12.7. The summed E-state index contributed by atoms with van der Waals surface area (Å²) in [5, 5.41) is 3.56. The predicted molar refractivity (Wildman–Crippen MR) is 87.3 cm³/mol. The van der Waals surface area contributed by atoms with Gasteiger partial charge in [0.25, 0.3) is 0 Å². The lowest BCUT2D eigenvalue weighted by molar-refractivity contribution is 0.320. The number of fused-ring (bicyclic) bond motifs is 1. The van der Waals surface area contributed by atoms with Crippen LogP contribution in [-0.2, 0) is 0 Å². The highest BCUT2D eigenvalue weighted by Gasteiger charge is 2.23. The summed E-state index contributed by atoms with van der Waals surface area (Å²) in [6.45, 7) is 2.66. The number of benzene rings is 1. The third-order valence-electron chi connectivity index (χ3n) is 4.54. The van der Waals surface area contributed by atoms with Crippen LogP contribution in [0.2, 0.25) is 0 Å². The number of nitrogens with one attached hydrogen (secondary N) is 1. The fourth-order valence-electron chi connectivity index (χ4n) is 3.31. The van der Waals surface area contributed by atoms with Gasteiger partial charge in [-0.3, -0.25) is 0 Å². The second kappa shape index (κ2) is 6.39. The van der Waals surface area contributed by atoms with Crippen LogP contribution in [0.5, 0.6) is 0 Å². The summed E-state index contributed by atoms with van der Waals surface area (Å²) in [6.07, 6.45) is 6.56. The molecule has 3 rings (SSSR count). The summed E-state index contributed by atoms with van der Waals surface area (Å²) in [7, 11) is 0. The average molecular weight is 284 g/mol. The predicted octanol–water partition coefficient (Wildman–Crippen LogP) is 3.26. The summed E-state index contributed by atoms with van der Waals surface area (Å²) < 4.78 is 0. The number of aromatic nitrogens is 2. The van der Waals surface area contributed by atoms with Gasteiger partial charge in [0.15, 0.2) is 0 Å². The zero-order valence-electron chi connectivity index (χ0n) is 12.7. The van der Waals surface area contributed by atoms with Crippen LogP contribution >= 0.6 is 0 Å². The van der Waals surface area contributed by atoms with Crippen LogP contribution in [0.3, 0.4) is 0 Å². The third-order valence-corrected chi connectivity index (χ3v) is 4.54. The summed E-state index contributed by atoms with van der Waals surface area (Å²) in [5.74, 6) is 1.55. The number of aryl methyl sites for hydroxylation is 1. The molecule has 1 heterocycles. The van der Waals surface area contributed by atoms with Crippen LogP contribution in [0.4, 0.5) is 5.82 Å². The van der Waals surface area contributed by atoms with E-state index in [4.69, 9.17) is 10.7 Å². The van der Waals surface area contributed by atoms with E-state index in [2.05, 4.69) is 10.3 Å². The molecule has 0 spiro atoms. The highest BCUT2D eigenvalue weighted by molar-refractivity contribution is 5.76. The van der Waals surface area contributed by atoms with E-state index in [0.29, 0.717) is 18.5 Å². The highest BCUT2D eigenvalue weighted by Crippen LogP contribution is 2.28. The molecule has 1 fully saturated rings. The Morgan fingerprint density at radius 2 is 1.81 bits per heavy atom. The maximum Gasteiger partial charge on any atom is 0.148 e. The minimum absolute atomic E-state index is 0.305. The second-order valence-electron chi connectivity index (χ2n) is 6.03. The summed E-state index contributed by atoms with van der Waals surface area (Å²) >= 11 is 0. The van der Waals surface area contributed by atoms with Gasteiger partial charge in [0.2, 0.25) is 0 Å². The molecule has 1 unspecified atom stereocenters. The number of para-hydroxylation sites is 2. The number of nitrogens with two attached hydrogens (primary N) is 1. The zero-order chi connectivity index (χ0) is 14.7. The molecule has 2 aromatic rings. The topological polar surface area (TPSA) is 63.8 Å². The first-order valence-electron chi connectivity index (χ1n) is 7.98. The fourth-order valence-corrected chi connectivity index (χ4v) is 3.31. The number of hydrogen-bond acceptors (Lipinski definition) is 4. The Bertz CT molecular complexity index is 605. The van der Waals surface area contributed by atoms with Crippen molar-refractivity contribution in [3.63, 3.8) is 0 Å². The average Bonchev–Trinajstić information content (AvgIpc) is 2.53. The summed E-state index contributed by atoms with van der Waals surface area (Å²) in [6, 6.07) is 8.30. The lowest BCUT2D eigenvalue weighted by Gasteiger charge is -2.30. The smallest absolute Gasteiger partial charge is 0.148 e. The molecule has 0 radical (unpaired) electrons. The second-order valence-corrected chi connectivity index (χ2v) is 6.03. The first-order valence-corrected chi connectivity index (χ1v) is 7.98. The normalized spacial score (nSPS) is 17.8. The first kappa shape index (κ1) is 14.3. The van der Waals surface area contributed by atoms with Crippen LogP contribution in [0.1, 0.15) is 37.8 Å². The molecule has 1 aliphatic carbocycles. The van der Waals surface area contributed by atoms with Gasteiger partial charge in [0, 0.05) is 12.6 Å². The van der Waals surface area contributed by atoms with E-state index < -0.39 is 0 Å². The Balaban J connectivity index is 1.83. The van der Waals surface area contributed by atoms with Gasteiger partial charge in [-0.1, -0.05) is 31.4 Å². The highest BCUT2D eigenvalue weighted by atomic mass is 15.1. The number of anilines is 1. The van der Waals surface area contributed by atoms with E-state index >= 15 is 0 Å². The lowest BCUT2D eigenvalue weighted by Crippen LogP contribution is -2.37. The van der Waals surface area contributed by atoms with E-state index in [0.717, 1.165) is 22.5 Å². The fraction of sp³-hybridized carbons (Fsp3) is 0.529. The largest absolute Gasteiger partial charge is 0.364 e. The molecule has 0 aliphatic heterocycles. The number of hydrogen-bond donors (Lipinski definition) is 2. The van der Waals surface area contributed by atoms with Crippen LogP contribution in [0.25, 0.3) is 11.0 Å². The monoisotopic (exact) mass is 284 g/mol. The number of rotatable bonds is 4. The van der Waals surface area contributed by atoms with Crippen LogP contribution in [-0.4, -0.2) is 22.6 Å². The SMILES string of the molecule is Cc1nc2ccccc2nc1NC(CN)C1CCCCC1. The maximum absolute atomic E-state index is 6.00. The van der Waals surface area contributed by atoms with Crippen molar-refractivity contribution < 1.29 is 0 Å². The molecular formula is C17H24N4. The molecule has 1 aromatic carbocycles. The van der Waals surface area contributed by atoms with Crippen molar-refractivity contribution in [3.8, 4) is 0 Å². The molecule has 1 aliphatic rings. The molecule has 21 heavy (non-hydrogen) atoms. The molecule has 0 amide bonds. The third kappa shape index (κ3) is 3.16. The molecule has 1 aromatic heterocycles. The van der Waals surface area contributed by atoms with Crippen molar-refractivity contribution in [2.75, 3.05) is 11.9 Å². The molecule has 0 bridgehead atoms. The van der Waals surface area contributed by atoms with Gasteiger partial charge in [0.05, 0.1) is 16.7 Å². The van der Waals surface area contributed by atoms with Gasteiger partial charge in [0.1, 0.15) is 5.82 Å². The molecular weight excluding hydrogens is 260 g/mol. The quantitative estimate of drug-likeness (QED) is 0.904. The van der Waals surface area contributed by atoms with Gasteiger partial charge in [-0.2, -0.15) is 0 Å². The Hall–Kier alpha value is -1.68. The molecule has 4 heteroatoms. The van der Waals surface area contributed by atoms with Gasteiger partial charge in [-0.05, 0) is 37.8 Å². The van der Waals surface area contributed by atoms with Gasteiger partial charge >= 0.3 is 0 Å². The van der Waals surface area contributed by atoms with Gasteiger partial charge in [-0.25, -0.2) is 9.97 Å². The number of nitrogens with zero attached hydrogens (tertiary/aromatic N) is 2. The molecule has 1 atom stereocenters. The molecule has 4 nitrogen and oxygen atoms in total. The lowest BCUT2D eigenvalue weighted by atomic mass is 9.84. The Labute approximate surface area is 126 Å². The van der Waals surface area contributed by atoms with Crippen LogP contribution < -0.4 is 11.1 Å². The Morgan fingerprint density at radius 3 is 2.48 bits per heavy atom. The summed E-state index contributed by atoms with van der Waals surface area (Å²) in [4.78, 5) is 9.37. The Morgan fingerprint density at radius 1 is 1.14 bits per heavy atom. The van der Waals surface area contributed by atoms with Crippen molar-refractivity contribution in [2.24, 2.45) is 11.7 Å². The van der Waals surface area contributed by atoms with Crippen molar-refractivity contribution in [1.82, 2.24) is 9.97 Å². The van der Waals surface area contributed by atoms with Crippen LogP contribution in [0.15, 0.2) is 24.3 Å². The molecule has 3 N–H and O–H groups in total. The van der Waals surface area contributed by atoms with E-state index in [-0.39, 0.29) is 0 Å². The minimum atomic E-state index is 0.305. The van der Waals surface area contributed by atoms with Crippen molar-refractivity contribution >= 4 is 16.9 Å². The molecule has 112 valence electrons. The van der Waals surface area contributed by atoms with E-state index in [1.807, 2.05) is 31.2 Å². The van der Waals surface area contributed by atoms with Crippen molar-refractivity contribution in [3.05, 3.63) is 30.0 Å². The Kier molecular flexibility index (Phi) is 4.34. The summed E-state index contributed by atoms with van der Waals surface area (Å²) in [5.41, 5.74) is 8.83. The van der Waals surface area contributed by atoms with Gasteiger partial charge < -0.3 is 11.1 Å². The maximum atomic E-state index is 6.00. The molecule has 0 saturated heterocycles. The minimum Gasteiger partial charge on any atom is -0.364 e. The first-order chi connectivity index (χ1) is 10.3. The van der Waals surface area contributed by atoms with Crippen molar-refractivity contribution in [2.45, 2.75) is 45.1 Å². The standard InChI is InChI=1S/C17H24N4/c1-12-17(20-15-10-6-5-9-14(15)19-12)21-16(11-18)13-7-3-2-4-8-13/h5-6,9-10,13,16H,2-4,7-8,11,18H2,1H3,(H,20,21). The van der Waals surface area contributed by atoms with E-state index in [1.54, 1.807) is 0 Å². The van der Waals surface area contributed by atoms with Crippen LogP contribution in [0, 0.1) is 12.8 Å². The van der Waals surface area contributed by atoms with Crippen molar-refractivity contribution in [1.29, 1.82) is 0 Å².